The summed E-state index contributed by atoms with van der Waals surface area (Å²) in [5, 5.41) is 31.1. The zero-order valence-corrected chi connectivity index (χ0v) is 15.3. The van der Waals surface area contributed by atoms with Gasteiger partial charge in [0.05, 0.1) is 28.6 Å². The van der Waals surface area contributed by atoms with Gasteiger partial charge in [-0.25, -0.2) is 9.97 Å². The van der Waals surface area contributed by atoms with E-state index in [1.165, 1.54) is 18.5 Å². The number of aliphatic hydroxyl groups excluding tert-OH is 2. The molecule has 1 unspecified atom stereocenters. The van der Waals surface area contributed by atoms with Crippen molar-refractivity contribution in [3.63, 3.8) is 0 Å². The van der Waals surface area contributed by atoms with Crippen molar-refractivity contribution in [1.29, 1.82) is 0 Å². The molecule has 0 aliphatic carbocycles. The Kier molecular flexibility index (Phi) is 3.88. The maximum absolute atomic E-state index is 10.9. The standard InChI is InChI=1S/C19H17N5O5/c1-10-16(25)17(26)19(29-10)23-8-20-15-14-7-6-13(22(14)9-21-18(15)23)11-2-4-12(5-3-11)24(27)28/h2-10,16-17,19,25-26H,1H3/t10-,16-,17-,19?/m1/s1. The number of ether oxygens (including phenoxy) is 1. The molecule has 4 atom stereocenters. The average Bonchev–Trinajstić information content (AvgIpc) is 3.40. The van der Waals surface area contributed by atoms with Gasteiger partial charge in [0.15, 0.2) is 11.9 Å². The maximum Gasteiger partial charge on any atom is 0.269 e. The van der Waals surface area contributed by atoms with Crippen LogP contribution in [0, 0.1) is 10.1 Å². The SMILES string of the molecule is C[C@H]1OC(n2cnc3c2ncn2c(-c4ccc([N+](=O)[O-])cc4)ccc32)[C@H](O)[C@@H]1O. The van der Waals surface area contributed by atoms with Gasteiger partial charge in [0.1, 0.15) is 24.1 Å². The van der Waals surface area contributed by atoms with Crippen molar-refractivity contribution in [2.45, 2.75) is 31.5 Å². The predicted molar refractivity (Wildman–Crippen MR) is 102 cm³/mol. The highest BCUT2D eigenvalue weighted by molar-refractivity contribution is 5.90. The van der Waals surface area contributed by atoms with Gasteiger partial charge in [-0.3, -0.25) is 19.1 Å². The summed E-state index contributed by atoms with van der Waals surface area (Å²) < 4.78 is 9.14. The molecule has 0 spiro atoms. The van der Waals surface area contributed by atoms with Crippen molar-refractivity contribution in [1.82, 2.24) is 18.9 Å². The van der Waals surface area contributed by atoms with Gasteiger partial charge in [0.2, 0.25) is 0 Å². The van der Waals surface area contributed by atoms with Gasteiger partial charge in [-0.15, -0.1) is 0 Å². The largest absolute Gasteiger partial charge is 0.388 e. The van der Waals surface area contributed by atoms with Crippen LogP contribution in [0.2, 0.25) is 0 Å². The fourth-order valence-corrected chi connectivity index (χ4v) is 3.77. The number of fused-ring (bicyclic) bond motifs is 3. The second kappa shape index (κ2) is 6.34. The molecule has 0 saturated carbocycles. The molecular formula is C19H17N5O5. The number of hydrogen-bond acceptors (Lipinski definition) is 7. The molecule has 4 heterocycles. The van der Waals surface area contributed by atoms with Crippen LogP contribution in [0.1, 0.15) is 13.2 Å². The number of non-ortho nitro benzene ring substituents is 1. The monoisotopic (exact) mass is 395 g/mol. The van der Waals surface area contributed by atoms with Crippen LogP contribution in [-0.4, -0.2) is 52.4 Å². The number of aliphatic hydroxyl groups is 2. The van der Waals surface area contributed by atoms with Crippen LogP contribution in [0.5, 0.6) is 0 Å². The number of nitrogens with zero attached hydrogens (tertiary/aromatic N) is 5. The molecule has 0 amide bonds. The number of aromatic nitrogens is 4. The van der Waals surface area contributed by atoms with Crippen molar-refractivity contribution < 1.29 is 19.9 Å². The van der Waals surface area contributed by atoms with E-state index in [1.807, 2.05) is 16.5 Å². The number of nitro benzene ring substituents is 1. The van der Waals surface area contributed by atoms with Crippen LogP contribution in [0.15, 0.2) is 49.1 Å². The Morgan fingerprint density at radius 3 is 2.48 bits per heavy atom. The van der Waals surface area contributed by atoms with E-state index in [4.69, 9.17) is 4.74 Å². The Labute approximate surface area is 163 Å². The van der Waals surface area contributed by atoms with Crippen molar-refractivity contribution in [3.05, 3.63) is 59.2 Å². The van der Waals surface area contributed by atoms with E-state index in [1.54, 1.807) is 30.0 Å². The van der Waals surface area contributed by atoms with Gasteiger partial charge >= 0.3 is 0 Å². The molecular weight excluding hydrogens is 378 g/mol. The molecule has 1 saturated heterocycles. The lowest BCUT2D eigenvalue weighted by Crippen LogP contribution is -2.30. The van der Waals surface area contributed by atoms with Crippen LogP contribution in [-0.2, 0) is 4.74 Å². The first kappa shape index (κ1) is 17.7. The number of benzene rings is 1. The summed E-state index contributed by atoms with van der Waals surface area (Å²) in [6.45, 7) is 1.70. The van der Waals surface area contributed by atoms with E-state index in [9.17, 15) is 20.3 Å². The van der Waals surface area contributed by atoms with Crippen LogP contribution in [0.4, 0.5) is 5.69 Å². The molecule has 2 N–H and O–H groups in total. The average molecular weight is 395 g/mol. The molecule has 4 aromatic rings. The maximum atomic E-state index is 10.9. The minimum absolute atomic E-state index is 0.0282. The molecule has 3 aromatic heterocycles. The summed E-state index contributed by atoms with van der Waals surface area (Å²) in [7, 11) is 0. The third-order valence-electron chi connectivity index (χ3n) is 5.35. The zero-order valence-electron chi connectivity index (χ0n) is 15.3. The molecule has 10 heteroatoms. The summed E-state index contributed by atoms with van der Waals surface area (Å²) in [6, 6.07) is 10.1. The highest BCUT2D eigenvalue weighted by Crippen LogP contribution is 2.33. The fraction of sp³-hybridized carbons (Fsp3) is 0.263. The van der Waals surface area contributed by atoms with Gasteiger partial charge in [-0.05, 0) is 36.8 Å². The van der Waals surface area contributed by atoms with Crippen LogP contribution in [0.25, 0.3) is 27.9 Å². The van der Waals surface area contributed by atoms with E-state index in [0.29, 0.717) is 11.2 Å². The lowest BCUT2D eigenvalue weighted by Gasteiger charge is -2.16. The highest BCUT2D eigenvalue weighted by atomic mass is 16.6. The van der Waals surface area contributed by atoms with Crippen LogP contribution < -0.4 is 0 Å². The molecule has 5 rings (SSSR count). The second-order valence-corrected chi connectivity index (χ2v) is 7.06. The van der Waals surface area contributed by atoms with Crippen LogP contribution >= 0.6 is 0 Å². The molecule has 0 bridgehead atoms. The van der Waals surface area contributed by atoms with Gasteiger partial charge in [-0.2, -0.15) is 0 Å². The molecule has 1 aliphatic rings. The normalized spacial score (nSPS) is 24.5. The third-order valence-corrected chi connectivity index (χ3v) is 5.35. The summed E-state index contributed by atoms with van der Waals surface area (Å²) in [5.74, 6) is 0. The fourth-order valence-electron chi connectivity index (χ4n) is 3.77. The van der Waals surface area contributed by atoms with Gasteiger partial charge < -0.3 is 14.9 Å². The van der Waals surface area contributed by atoms with Gasteiger partial charge in [0.25, 0.3) is 5.69 Å². The Bertz CT molecular complexity index is 1230. The summed E-state index contributed by atoms with van der Waals surface area (Å²) in [4.78, 5) is 19.4. The molecule has 148 valence electrons. The van der Waals surface area contributed by atoms with E-state index in [-0.39, 0.29) is 5.69 Å². The smallest absolute Gasteiger partial charge is 0.269 e. The van der Waals surface area contributed by atoms with E-state index in [0.717, 1.165) is 16.8 Å². The Morgan fingerprint density at radius 1 is 1.07 bits per heavy atom. The summed E-state index contributed by atoms with van der Waals surface area (Å²) in [5.41, 5.74) is 3.59. The Balaban J connectivity index is 1.59. The van der Waals surface area contributed by atoms with Gasteiger partial charge in [0, 0.05) is 12.1 Å². The number of hydrogen-bond donors (Lipinski definition) is 2. The second-order valence-electron chi connectivity index (χ2n) is 7.06. The van der Waals surface area contributed by atoms with Crippen molar-refractivity contribution in [2.75, 3.05) is 0 Å². The quantitative estimate of drug-likeness (QED) is 0.400. The first-order valence-electron chi connectivity index (χ1n) is 9.04. The zero-order chi connectivity index (χ0) is 20.3. The lowest BCUT2D eigenvalue weighted by molar-refractivity contribution is -0.384. The number of imidazole rings is 1. The van der Waals surface area contributed by atoms with Gasteiger partial charge in [-0.1, -0.05) is 0 Å². The molecule has 1 aromatic carbocycles. The van der Waals surface area contributed by atoms with Crippen molar-refractivity contribution >= 4 is 22.4 Å². The molecule has 29 heavy (non-hydrogen) atoms. The minimum atomic E-state index is -1.08. The Hall–Kier alpha value is -3.34. The summed E-state index contributed by atoms with van der Waals surface area (Å²) in [6.07, 6.45) is -0.170. The molecule has 0 radical (unpaired) electrons. The molecule has 1 fully saturated rings. The van der Waals surface area contributed by atoms with Crippen molar-refractivity contribution in [3.8, 4) is 11.3 Å². The minimum Gasteiger partial charge on any atom is -0.388 e. The van der Waals surface area contributed by atoms with E-state index < -0.39 is 29.5 Å². The number of rotatable bonds is 3. The van der Waals surface area contributed by atoms with E-state index >= 15 is 0 Å². The summed E-state index contributed by atoms with van der Waals surface area (Å²) >= 11 is 0. The number of nitro groups is 1. The Morgan fingerprint density at radius 2 is 1.83 bits per heavy atom. The first-order valence-corrected chi connectivity index (χ1v) is 9.04. The van der Waals surface area contributed by atoms with Crippen LogP contribution in [0.3, 0.4) is 0 Å². The highest BCUT2D eigenvalue weighted by Gasteiger charge is 2.42. The molecule has 1 aliphatic heterocycles. The lowest BCUT2D eigenvalue weighted by atomic mass is 10.1. The molecule has 10 nitrogen and oxygen atoms in total. The predicted octanol–water partition coefficient (Wildman–Crippen LogP) is 1.90. The third kappa shape index (κ3) is 2.61. The topological polar surface area (TPSA) is 128 Å². The first-order chi connectivity index (χ1) is 14.0. The van der Waals surface area contributed by atoms with Crippen molar-refractivity contribution in [2.24, 2.45) is 0 Å². The van der Waals surface area contributed by atoms with E-state index in [2.05, 4.69) is 9.97 Å².